The molecule has 0 spiro atoms. The zero-order valence-corrected chi connectivity index (χ0v) is 7.84. The molecule has 1 aliphatic rings. The number of rotatable bonds is 1. The summed E-state index contributed by atoms with van der Waals surface area (Å²) in [5, 5.41) is 0. The highest BCUT2D eigenvalue weighted by Crippen LogP contribution is 2.30. The normalized spacial score (nSPS) is 35.4. The third-order valence-corrected chi connectivity index (χ3v) is 3.97. The van der Waals surface area contributed by atoms with Crippen LogP contribution in [-0.4, -0.2) is 17.7 Å². The molecule has 0 aromatic rings. The summed E-state index contributed by atoms with van der Waals surface area (Å²) in [6.45, 7) is 3.16. The van der Waals surface area contributed by atoms with Crippen LogP contribution in [0, 0.1) is 5.92 Å². The van der Waals surface area contributed by atoms with Crippen LogP contribution in [0.2, 0.25) is 0 Å². The maximum Gasteiger partial charge on any atom is 0.104 e. The van der Waals surface area contributed by atoms with Crippen molar-refractivity contribution < 1.29 is 13.0 Å². The number of hydrogen-bond donors (Lipinski definition) is 0. The van der Waals surface area contributed by atoms with Crippen LogP contribution in [0.15, 0.2) is 24.3 Å². The van der Waals surface area contributed by atoms with Crippen molar-refractivity contribution in [2.24, 2.45) is 5.92 Å². The zero-order chi connectivity index (χ0) is 9.41. The van der Waals surface area contributed by atoms with E-state index in [9.17, 15) is 13.0 Å². The summed E-state index contributed by atoms with van der Waals surface area (Å²) >= 11 is 0. The van der Waals surface area contributed by atoms with Gasteiger partial charge in [0.15, 0.2) is 0 Å². The highest BCUT2D eigenvalue weighted by atomic mass is 32.2. The summed E-state index contributed by atoms with van der Waals surface area (Å²) in [5.74, 6) is -0.259. The number of hydrogen-bond acceptors (Lipinski definition) is 3. The van der Waals surface area contributed by atoms with Crippen LogP contribution in [-0.2, 0) is 10.1 Å². The second-order valence-electron chi connectivity index (χ2n) is 3.17. The van der Waals surface area contributed by atoms with Crippen LogP contribution in [0.3, 0.4) is 0 Å². The molecule has 2 unspecified atom stereocenters. The Bertz CT molecular complexity index is 326. The van der Waals surface area contributed by atoms with Crippen LogP contribution in [0.5, 0.6) is 0 Å². The van der Waals surface area contributed by atoms with E-state index in [0.29, 0.717) is 0 Å². The van der Waals surface area contributed by atoms with Gasteiger partial charge in [0.05, 0.1) is 4.75 Å². The molecule has 3 nitrogen and oxygen atoms in total. The van der Waals surface area contributed by atoms with Gasteiger partial charge in [-0.05, 0) is 12.8 Å². The summed E-state index contributed by atoms with van der Waals surface area (Å²) in [6.07, 6.45) is 6.50. The first-order valence-electron chi connectivity index (χ1n) is 3.69. The highest BCUT2D eigenvalue weighted by Gasteiger charge is 2.34. The SMILES string of the molecule is CC1C=CC=CC1(C)S(=O)(=O)[O-]. The van der Waals surface area contributed by atoms with Gasteiger partial charge in [0.2, 0.25) is 0 Å². The molecule has 12 heavy (non-hydrogen) atoms. The summed E-state index contributed by atoms with van der Waals surface area (Å²) in [4.78, 5) is 0. The van der Waals surface area contributed by atoms with Crippen molar-refractivity contribution in [2.75, 3.05) is 0 Å². The molecule has 4 heteroatoms. The summed E-state index contributed by atoms with van der Waals surface area (Å²) in [7, 11) is -4.26. The summed E-state index contributed by atoms with van der Waals surface area (Å²) in [6, 6.07) is 0. The Hall–Kier alpha value is -0.610. The third kappa shape index (κ3) is 1.32. The fourth-order valence-electron chi connectivity index (χ4n) is 1.13. The molecule has 1 aliphatic carbocycles. The monoisotopic (exact) mass is 187 g/mol. The molecular formula is C8H11O3S-. The lowest BCUT2D eigenvalue weighted by Gasteiger charge is -2.35. The summed E-state index contributed by atoms with van der Waals surface area (Å²) < 4.78 is 31.4. The second-order valence-corrected chi connectivity index (χ2v) is 4.96. The molecule has 0 saturated carbocycles. The first-order valence-corrected chi connectivity index (χ1v) is 5.10. The van der Waals surface area contributed by atoms with E-state index in [0.717, 1.165) is 0 Å². The predicted octanol–water partition coefficient (Wildman–Crippen LogP) is 1.05. The first kappa shape index (κ1) is 9.48. The van der Waals surface area contributed by atoms with Gasteiger partial charge in [0.25, 0.3) is 0 Å². The van der Waals surface area contributed by atoms with Crippen molar-refractivity contribution in [2.45, 2.75) is 18.6 Å². The Morgan fingerprint density at radius 2 is 2.00 bits per heavy atom. The van der Waals surface area contributed by atoms with Gasteiger partial charge >= 0.3 is 0 Å². The first-order chi connectivity index (χ1) is 5.38. The van der Waals surface area contributed by atoms with Crippen LogP contribution >= 0.6 is 0 Å². The fourth-order valence-corrected chi connectivity index (χ4v) is 1.91. The molecule has 0 aromatic heterocycles. The molecule has 0 amide bonds. The highest BCUT2D eigenvalue weighted by molar-refractivity contribution is 7.87. The van der Waals surface area contributed by atoms with Crippen molar-refractivity contribution in [3.8, 4) is 0 Å². The molecule has 0 fully saturated rings. The minimum atomic E-state index is -4.26. The number of allylic oxidation sites excluding steroid dienone is 3. The molecule has 0 aliphatic heterocycles. The average Bonchev–Trinajstić information content (AvgIpc) is 1.93. The Balaban J connectivity index is 3.16. The molecule has 0 heterocycles. The molecule has 0 aromatic carbocycles. The van der Waals surface area contributed by atoms with Crippen molar-refractivity contribution in [1.82, 2.24) is 0 Å². The van der Waals surface area contributed by atoms with Gasteiger partial charge in [-0.3, -0.25) is 0 Å². The Morgan fingerprint density at radius 1 is 1.42 bits per heavy atom. The van der Waals surface area contributed by atoms with Gasteiger partial charge in [-0.15, -0.1) is 0 Å². The zero-order valence-electron chi connectivity index (χ0n) is 7.02. The molecule has 0 N–H and O–H groups in total. The van der Waals surface area contributed by atoms with E-state index >= 15 is 0 Å². The van der Waals surface area contributed by atoms with E-state index in [4.69, 9.17) is 0 Å². The van der Waals surface area contributed by atoms with Crippen LogP contribution in [0.25, 0.3) is 0 Å². The van der Waals surface area contributed by atoms with Gasteiger partial charge in [0, 0.05) is 0 Å². The Morgan fingerprint density at radius 3 is 2.33 bits per heavy atom. The smallest absolute Gasteiger partial charge is 0.104 e. The van der Waals surface area contributed by atoms with Gasteiger partial charge in [-0.25, -0.2) is 8.42 Å². The predicted molar refractivity (Wildman–Crippen MR) is 45.5 cm³/mol. The van der Waals surface area contributed by atoms with Crippen molar-refractivity contribution in [1.29, 1.82) is 0 Å². The third-order valence-electron chi connectivity index (χ3n) is 2.38. The van der Waals surface area contributed by atoms with Gasteiger partial charge in [-0.1, -0.05) is 31.2 Å². The molecule has 68 valence electrons. The Kier molecular flexibility index (Phi) is 2.14. The quantitative estimate of drug-likeness (QED) is 0.576. The second kappa shape index (κ2) is 2.71. The van der Waals surface area contributed by atoms with E-state index in [2.05, 4.69) is 0 Å². The molecule has 0 saturated heterocycles. The Labute approximate surface area is 72.5 Å². The maximum absolute atomic E-state index is 10.9. The summed E-state index contributed by atoms with van der Waals surface area (Å²) in [5.41, 5.74) is 0. The molecule has 1 rings (SSSR count). The van der Waals surface area contributed by atoms with Crippen molar-refractivity contribution in [3.63, 3.8) is 0 Å². The molecule has 2 atom stereocenters. The van der Waals surface area contributed by atoms with Crippen LogP contribution < -0.4 is 0 Å². The minimum absolute atomic E-state index is 0.259. The lowest BCUT2D eigenvalue weighted by Crippen LogP contribution is -2.39. The lowest BCUT2D eigenvalue weighted by atomic mass is 9.91. The van der Waals surface area contributed by atoms with Crippen LogP contribution in [0.4, 0.5) is 0 Å². The van der Waals surface area contributed by atoms with Gasteiger partial charge in [0.1, 0.15) is 10.1 Å². The van der Waals surface area contributed by atoms with Crippen LogP contribution in [0.1, 0.15) is 13.8 Å². The lowest BCUT2D eigenvalue weighted by molar-refractivity contribution is 0.411. The topological polar surface area (TPSA) is 57.2 Å². The fraction of sp³-hybridized carbons (Fsp3) is 0.500. The largest absolute Gasteiger partial charge is 0.747 e. The van der Waals surface area contributed by atoms with Gasteiger partial charge in [-0.2, -0.15) is 0 Å². The molecule has 0 radical (unpaired) electrons. The van der Waals surface area contributed by atoms with E-state index in [1.807, 2.05) is 0 Å². The van der Waals surface area contributed by atoms with E-state index in [1.165, 1.54) is 13.0 Å². The van der Waals surface area contributed by atoms with E-state index in [1.54, 1.807) is 25.2 Å². The standard InChI is InChI=1S/C8H12O3S/c1-7-5-3-4-6-8(7,2)12(9,10)11/h3-7H,1-2H3,(H,9,10,11)/p-1. The maximum atomic E-state index is 10.9. The average molecular weight is 187 g/mol. The minimum Gasteiger partial charge on any atom is -0.747 e. The molecule has 0 bridgehead atoms. The van der Waals surface area contributed by atoms with Crippen molar-refractivity contribution in [3.05, 3.63) is 24.3 Å². The van der Waals surface area contributed by atoms with E-state index in [-0.39, 0.29) is 5.92 Å². The van der Waals surface area contributed by atoms with E-state index < -0.39 is 14.9 Å². The molecular weight excluding hydrogens is 176 g/mol. The van der Waals surface area contributed by atoms with Gasteiger partial charge < -0.3 is 4.55 Å². The van der Waals surface area contributed by atoms with Crippen molar-refractivity contribution >= 4 is 10.1 Å².